The number of pyridine rings is 2. The van der Waals surface area contributed by atoms with E-state index in [0.717, 1.165) is 5.56 Å². The van der Waals surface area contributed by atoms with E-state index in [-0.39, 0.29) is 23.4 Å². The van der Waals surface area contributed by atoms with Crippen molar-refractivity contribution in [3.8, 4) is 5.69 Å². The average molecular weight is 466 g/mol. The lowest BCUT2D eigenvalue weighted by atomic mass is 10.1. The number of anilines is 1. The highest BCUT2D eigenvalue weighted by Gasteiger charge is 2.22. The first-order valence-electron chi connectivity index (χ1n) is 11.1. The van der Waals surface area contributed by atoms with Crippen molar-refractivity contribution in [2.75, 3.05) is 5.32 Å². The summed E-state index contributed by atoms with van der Waals surface area (Å²) in [4.78, 5) is 44.4. The summed E-state index contributed by atoms with van der Waals surface area (Å²) in [6, 6.07) is 23.7. The summed E-state index contributed by atoms with van der Waals surface area (Å²) in [6.07, 6.45) is 1.61. The number of para-hydroxylation sites is 1. The lowest BCUT2D eigenvalue weighted by Gasteiger charge is -2.12. The molecule has 0 bridgehead atoms. The first-order valence-corrected chi connectivity index (χ1v) is 11.1. The van der Waals surface area contributed by atoms with Crippen LogP contribution in [0.2, 0.25) is 0 Å². The van der Waals surface area contributed by atoms with Gasteiger partial charge in [-0.1, -0.05) is 48.5 Å². The van der Waals surface area contributed by atoms with E-state index in [0.29, 0.717) is 22.4 Å². The minimum Gasteiger partial charge on any atom is -0.316 e. The standard InChI is InChI=1S/C27H23N5O3/c1-18-23(27(35)32(30(18)2)21-13-7-4-8-14-21)29-25(33)22-16-20-12-9-15-28-24(20)31(26(22)34)17-19-10-5-3-6-11-19/h3-16H,17H2,1-2H3,(H,29,33). The molecule has 0 aliphatic rings. The summed E-state index contributed by atoms with van der Waals surface area (Å²) >= 11 is 0. The molecule has 8 heteroatoms. The van der Waals surface area contributed by atoms with E-state index in [2.05, 4.69) is 10.3 Å². The molecule has 1 amide bonds. The molecule has 174 valence electrons. The van der Waals surface area contributed by atoms with E-state index in [1.807, 2.05) is 60.7 Å². The lowest BCUT2D eigenvalue weighted by Crippen LogP contribution is -2.31. The van der Waals surface area contributed by atoms with Crippen LogP contribution in [0.15, 0.2) is 94.6 Å². The number of carbonyl (C=O) groups is 1. The Kier molecular flexibility index (Phi) is 5.62. The van der Waals surface area contributed by atoms with Gasteiger partial charge < -0.3 is 5.32 Å². The molecule has 0 fully saturated rings. The predicted molar refractivity (Wildman–Crippen MR) is 135 cm³/mol. The number of benzene rings is 2. The fraction of sp³-hybridized carbons (Fsp3) is 0.111. The number of hydrogen-bond donors (Lipinski definition) is 1. The van der Waals surface area contributed by atoms with Gasteiger partial charge in [0, 0.05) is 18.6 Å². The number of aromatic nitrogens is 4. The van der Waals surface area contributed by atoms with Crippen molar-refractivity contribution in [1.82, 2.24) is 18.9 Å². The number of amides is 1. The summed E-state index contributed by atoms with van der Waals surface area (Å²) < 4.78 is 4.63. The van der Waals surface area contributed by atoms with Gasteiger partial charge in [-0.2, -0.15) is 0 Å². The van der Waals surface area contributed by atoms with Gasteiger partial charge in [0.2, 0.25) is 0 Å². The molecule has 3 heterocycles. The summed E-state index contributed by atoms with van der Waals surface area (Å²) in [5, 5.41) is 3.35. The predicted octanol–water partition coefficient (Wildman–Crippen LogP) is 3.49. The van der Waals surface area contributed by atoms with Crippen molar-refractivity contribution in [2.24, 2.45) is 7.05 Å². The molecule has 0 unspecified atom stereocenters. The molecule has 3 aromatic heterocycles. The van der Waals surface area contributed by atoms with Crippen LogP contribution in [0.5, 0.6) is 0 Å². The van der Waals surface area contributed by atoms with Crippen molar-refractivity contribution in [1.29, 1.82) is 0 Å². The number of rotatable bonds is 5. The van der Waals surface area contributed by atoms with E-state index in [4.69, 9.17) is 0 Å². The maximum Gasteiger partial charge on any atom is 0.295 e. The molecule has 35 heavy (non-hydrogen) atoms. The molecule has 0 saturated heterocycles. The molecule has 0 aliphatic heterocycles. The van der Waals surface area contributed by atoms with Gasteiger partial charge in [-0.05, 0) is 42.8 Å². The highest BCUT2D eigenvalue weighted by atomic mass is 16.2. The third-order valence-corrected chi connectivity index (χ3v) is 6.07. The zero-order chi connectivity index (χ0) is 24.5. The molecule has 0 spiro atoms. The number of carbonyl (C=O) groups excluding carboxylic acids is 1. The van der Waals surface area contributed by atoms with E-state index in [1.54, 1.807) is 37.0 Å². The highest BCUT2D eigenvalue weighted by molar-refractivity contribution is 6.05. The first kappa shape index (κ1) is 22.1. The summed E-state index contributed by atoms with van der Waals surface area (Å²) in [7, 11) is 1.74. The lowest BCUT2D eigenvalue weighted by molar-refractivity contribution is 0.102. The maximum absolute atomic E-state index is 13.5. The molecule has 1 N–H and O–H groups in total. The van der Waals surface area contributed by atoms with Gasteiger partial charge >= 0.3 is 0 Å². The normalized spacial score (nSPS) is 11.0. The average Bonchev–Trinajstić information content (AvgIpc) is 3.09. The van der Waals surface area contributed by atoms with Crippen LogP contribution in [0.25, 0.3) is 16.7 Å². The summed E-state index contributed by atoms with van der Waals surface area (Å²) in [6.45, 7) is 2.01. The Morgan fingerprint density at radius 2 is 1.60 bits per heavy atom. The fourth-order valence-electron chi connectivity index (χ4n) is 4.17. The van der Waals surface area contributed by atoms with Gasteiger partial charge in [0.1, 0.15) is 16.9 Å². The summed E-state index contributed by atoms with van der Waals surface area (Å²) in [5.41, 5.74) is 1.84. The number of hydrogen-bond acceptors (Lipinski definition) is 4. The Bertz CT molecular complexity index is 1660. The SMILES string of the molecule is Cc1c(NC(=O)c2cc3cccnc3n(Cc3ccccc3)c2=O)c(=O)n(-c2ccccc2)n1C. The molecule has 8 nitrogen and oxygen atoms in total. The Hall–Kier alpha value is -4.72. The van der Waals surface area contributed by atoms with Gasteiger partial charge in [-0.25, -0.2) is 9.67 Å². The van der Waals surface area contributed by atoms with Crippen LogP contribution in [0.1, 0.15) is 21.6 Å². The number of fused-ring (bicyclic) bond motifs is 1. The minimum atomic E-state index is -0.645. The van der Waals surface area contributed by atoms with Gasteiger partial charge in [-0.15, -0.1) is 0 Å². The minimum absolute atomic E-state index is 0.0599. The van der Waals surface area contributed by atoms with Gasteiger partial charge in [0.05, 0.1) is 17.9 Å². The van der Waals surface area contributed by atoms with Gasteiger partial charge in [-0.3, -0.25) is 23.6 Å². The molecular weight excluding hydrogens is 442 g/mol. The number of nitrogens with one attached hydrogen (secondary N) is 1. The van der Waals surface area contributed by atoms with Crippen LogP contribution >= 0.6 is 0 Å². The zero-order valence-electron chi connectivity index (χ0n) is 19.3. The first-order chi connectivity index (χ1) is 17.0. The van der Waals surface area contributed by atoms with Gasteiger partial charge in [0.25, 0.3) is 17.0 Å². The third-order valence-electron chi connectivity index (χ3n) is 6.07. The highest BCUT2D eigenvalue weighted by Crippen LogP contribution is 2.17. The zero-order valence-corrected chi connectivity index (χ0v) is 19.3. The van der Waals surface area contributed by atoms with Crippen molar-refractivity contribution in [3.05, 3.63) is 123 Å². The smallest absolute Gasteiger partial charge is 0.295 e. The molecule has 0 radical (unpaired) electrons. The van der Waals surface area contributed by atoms with Crippen molar-refractivity contribution in [2.45, 2.75) is 13.5 Å². The molecule has 0 aliphatic carbocycles. The third kappa shape index (κ3) is 3.95. The molecule has 2 aromatic carbocycles. The second-order valence-electron chi connectivity index (χ2n) is 8.24. The van der Waals surface area contributed by atoms with Crippen LogP contribution < -0.4 is 16.4 Å². The van der Waals surface area contributed by atoms with Crippen molar-refractivity contribution < 1.29 is 4.79 Å². The molecule has 5 aromatic rings. The molecular formula is C27H23N5O3. The Balaban J connectivity index is 1.58. The van der Waals surface area contributed by atoms with Crippen LogP contribution in [0.4, 0.5) is 5.69 Å². The quantitative estimate of drug-likeness (QED) is 0.430. The van der Waals surface area contributed by atoms with Crippen LogP contribution in [0.3, 0.4) is 0 Å². The summed E-state index contributed by atoms with van der Waals surface area (Å²) in [5.74, 6) is -0.645. The van der Waals surface area contributed by atoms with Crippen LogP contribution in [0, 0.1) is 6.92 Å². The Morgan fingerprint density at radius 1 is 0.914 bits per heavy atom. The van der Waals surface area contributed by atoms with E-state index in [9.17, 15) is 14.4 Å². The van der Waals surface area contributed by atoms with E-state index in [1.165, 1.54) is 15.3 Å². The molecule has 5 rings (SSSR count). The second kappa shape index (κ2) is 8.90. The molecule has 0 atom stereocenters. The number of nitrogens with zero attached hydrogens (tertiary/aromatic N) is 4. The van der Waals surface area contributed by atoms with Crippen molar-refractivity contribution >= 4 is 22.6 Å². The second-order valence-corrected chi connectivity index (χ2v) is 8.24. The van der Waals surface area contributed by atoms with Crippen LogP contribution in [-0.4, -0.2) is 24.8 Å². The maximum atomic E-state index is 13.5. The van der Waals surface area contributed by atoms with E-state index >= 15 is 0 Å². The largest absolute Gasteiger partial charge is 0.316 e. The van der Waals surface area contributed by atoms with Crippen LogP contribution in [-0.2, 0) is 13.6 Å². The monoisotopic (exact) mass is 465 g/mol. The van der Waals surface area contributed by atoms with Gasteiger partial charge in [0.15, 0.2) is 0 Å². The van der Waals surface area contributed by atoms with E-state index < -0.39 is 11.5 Å². The topological polar surface area (TPSA) is 90.9 Å². The Labute approximate surface area is 200 Å². The molecule has 0 saturated carbocycles. The van der Waals surface area contributed by atoms with Crippen molar-refractivity contribution in [3.63, 3.8) is 0 Å². The Morgan fingerprint density at radius 3 is 2.31 bits per heavy atom. The fourth-order valence-corrected chi connectivity index (χ4v) is 4.17.